The van der Waals surface area contributed by atoms with Gasteiger partial charge in [-0.05, 0) is 37.1 Å². The third kappa shape index (κ3) is 4.31. The average molecular weight is 510 g/mol. The number of anilines is 1. The first-order chi connectivity index (χ1) is 17.4. The van der Waals surface area contributed by atoms with Gasteiger partial charge in [-0.2, -0.15) is 4.91 Å². The SMILES string of the molecule is CN1Cc2cnc3ccc(-c4ccc(S(=O)O)nc4)nc3c2N(C2CCN(C(=O)CN=O)CC2)C1=O. The van der Waals surface area contributed by atoms with Gasteiger partial charge in [0.25, 0.3) is 0 Å². The molecule has 0 spiro atoms. The first-order valence-electron chi connectivity index (χ1n) is 11.3. The van der Waals surface area contributed by atoms with E-state index in [9.17, 15) is 23.3 Å². The van der Waals surface area contributed by atoms with Crippen molar-refractivity contribution in [3.63, 3.8) is 0 Å². The molecule has 0 aliphatic carbocycles. The van der Waals surface area contributed by atoms with E-state index in [1.165, 1.54) is 12.3 Å². The molecule has 186 valence electrons. The number of urea groups is 1. The molecule has 36 heavy (non-hydrogen) atoms. The Morgan fingerprint density at radius 1 is 1.17 bits per heavy atom. The molecule has 2 aliphatic heterocycles. The number of aromatic nitrogens is 3. The predicted molar refractivity (Wildman–Crippen MR) is 131 cm³/mol. The van der Waals surface area contributed by atoms with Gasteiger partial charge >= 0.3 is 6.03 Å². The van der Waals surface area contributed by atoms with Gasteiger partial charge in [0.2, 0.25) is 17.0 Å². The molecular formula is C23H23N7O5S. The second kappa shape index (κ2) is 9.66. The fraction of sp³-hybridized carbons (Fsp3) is 0.348. The van der Waals surface area contributed by atoms with Gasteiger partial charge in [0, 0.05) is 49.7 Å². The highest BCUT2D eigenvalue weighted by Gasteiger charge is 2.37. The molecule has 1 N–H and O–H groups in total. The summed E-state index contributed by atoms with van der Waals surface area (Å²) in [4.78, 5) is 54.4. The van der Waals surface area contributed by atoms with Crippen LogP contribution in [0.1, 0.15) is 18.4 Å². The Kier molecular flexibility index (Phi) is 6.41. The fourth-order valence-electron chi connectivity index (χ4n) is 4.74. The molecule has 5 heterocycles. The summed E-state index contributed by atoms with van der Waals surface area (Å²) in [5, 5.41) is 2.74. The summed E-state index contributed by atoms with van der Waals surface area (Å²) >= 11 is -2.18. The number of nitroso groups, excluding NO2 is 1. The number of fused-ring (bicyclic) bond motifs is 3. The number of carbonyl (C=O) groups excluding carboxylic acids is 2. The normalized spacial score (nSPS) is 17.3. The first-order valence-corrected chi connectivity index (χ1v) is 12.4. The number of pyridine rings is 3. The maximum atomic E-state index is 13.4. The zero-order valence-corrected chi connectivity index (χ0v) is 20.2. The van der Waals surface area contributed by atoms with Gasteiger partial charge in [-0.3, -0.25) is 14.7 Å². The molecule has 0 bridgehead atoms. The van der Waals surface area contributed by atoms with Gasteiger partial charge in [-0.25, -0.2) is 19.0 Å². The van der Waals surface area contributed by atoms with Crippen LogP contribution in [-0.4, -0.2) is 78.2 Å². The van der Waals surface area contributed by atoms with E-state index >= 15 is 0 Å². The zero-order valence-electron chi connectivity index (χ0n) is 19.4. The fourth-order valence-corrected chi connectivity index (χ4v) is 5.07. The van der Waals surface area contributed by atoms with Gasteiger partial charge < -0.3 is 14.4 Å². The van der Waals surface area contributed by atoms with Gasteiger partial charge in [-0.15, -0.1) is 0 Å². The van der Waals surface area contributed by atoms with E-state index in [1.54, 1.807) is 40.1 Å². The number of rotatable bonds is 5. The second-order valence-corrected chi connectivity index (χ2v) is 9.65. The Hall–Kier alpha value is -3.84. The lowest BCUT2D eigenvalue weighted by molar-refractivity contribution is -0.130. The topological polar surface area (TPSA) is 149 Å². The molecule has 0 saturated carbocycles. The smallest absolute Gasteiger partial charge is 0.324 e. The number of carbonyl (C=O) groups is 2. The highest BCUT2D eigenvalue weighted by molar-refractivity contribution is 7.79. The molecule has 3 aromatic rings. The van der Waals surface area contributed by atoms with Crippen molar-refractivity contribution in [1.82, 2.24) is 24.8 Å². The molecule has 0 radical (unpaired) electrons. The summed E-state index contributed by atoms with van der Waals surface area (Å²) in [6.07, 6.45) is 4.35. The van der Waals surface area contributed by atoms with Gasteiger partial charge in [0.1, 0.15) is 5.52 Å². The third-order valence-electron chi connectivity index (χ3n) is 6.54. The molecule has 12 nitrogen and oxygen atoms in total. The van der Waals surface area contributed by atoms with E-state index in [-0.39, 0.29) is 29.6 Å². The van der Waals surface area contributed by atoms with E-state index in [1.807, 2.05) is 6.07 Å². The average Bonchev–Trinajstić information content (AvgIpc) is 2.89. The van der Waals surface area contributed by atoms with Gasteiger partial charge in [-0.1, -0.05) is 5.18 Å². The summed E-state index contributed by atoms with van der Waals surface area (Å²) in [7, 11) is 1.74. The number of hydrogen-bond donors (Lipinski definition) is 1. The molecule has 1 saturated heterocycles. The molecule has 1 atom stereocenters. The standard InChI is InChI=1S/C23H23N7O5S/c1-28-13-15-11-24-18-4-3-17(14-2-5-19(25-10-14)36(34)35)27-21(18)22(15)30(23(28)32)16-6-8-29(9-7-16)20(31)12-26-33/h2-5,10-11,16H,6-9,12-13H2,1H3,(H,34,35). The minimum Gasteiger partial charge on any atom is -0.341 e. The lowest BCUT2D eigenvalue weighted by atomic mass is 9.99. The quantitative estimate of drug-likeness (QED) is 0.407. The molecule has 5 rings (SSSR count). The Labute approximate surface area is 208 Å². The lowest BCUT2D eigenvalue weighted by Gasteiger charge is -2.43. The van der Waals surface area contributed by atoms with Crippen LogP contribution >= 0.6 is 0 Å². The largest absolute Gasteiger partial charge is 0.341 e. The van der Waals surface area contributed by atoms with Crippen molar-refractivity contribution in [1.29, 1.82) is 0 Å². The van der Waals surface area contributed by atoms with Crippen molar-refractivity contribution in [2.45, 2.75) is 30.5 Å². The maximum Gasteiger partial charge on any atom is 0.324 e. The van der Waals surface area contributed by atoms with Crippen LogP contribution < -0.4 is 4.90 Å². The molecule has 0 aromatic carbocycles. The van der Waals surface area contributed by atoms with Crippen molar-refractivity contribution in [2.75, 3.05) is 31.6 Å². The third-order valence-corrected chi connectivity index (χ3v) is 7.14. The minimum atomic E-state index is -2.18. The number of likely N-dealkylation sites (tertiary alicyclic amines) is 1. The Balaban J connectivity index is 1.54. The van der Waals surface area contributed by atoms with E-state index < -0.39 is 11.1 Å². The summed E-state index contributed by atoms with van der Waals surface area (Å²) in [6, 6.07) is 6.44. The van der Waals surface area contributed by atoms with Crippen LogP contribution in [0.2, 0.25) is 0 Å². The molecule has 1 fully saturated rings. The Morgan fingerprint density at radius 3 is 2.61 bits per heavy atom. The van der Waals surface area contributed by atoms with Crippen LogP contribution in [-0.2, 0) is 22.4 Å². The van der Waals surface area contributed by atoms with Crippen LogP contribution in [0.5, 0.6) is 0 Å². The highest BCUT2D eigenvalue weighted by Crippen LogP contribution is 2.37. The monoisotopic (exact) mass is 509 g/mol. The predicted octanol–water partition coefficient (Wildman–Crippen LogP) is 2.40. The number of hydrogen-bond acceptors (Lipinski definition) is 8. The number of nitrogens with zero attached hydrogens (tertiary/aromatic N) is 7. The summed E-state index contributed by atoms with van der Waals surface area (Å²) in [5.74, 6) is -0.309. The van der Waals surface area contributed by atoms with Crippen LogP contribution in [0.3, 0.4) is 0 Å². The van der Waals surface area contributed by atoms with Gasteiger partial charge in [0.05, 0.1) is 23.4 Å². The minimum absolute atomic E-state index is 0.0483. The summed E-state index contributed by atoms with van der Waals surface area (Å²) < 4.78 is 20.5. The lowest BCUT2D eigenvalue weighted by Crippen LogP contribution is -2.54. The van der Waals surface area contributed by atoms with Crippen molar-refractivity contribution >= 4 is 39.7 Å². The highest BCUT2D eigenvalue weighted by atomic mass is 32.2. The van der Waals surface area contributed by atoms with Crippen molar-refractivity contribution in [3.05, 3.63) is 47.1 Å². The van der Waals surface area contributed by atoms with Crippen molar-refractivity contribution < 1.29 is 18.4 Å². The molecule has 3 amide bonds. The van der Waals surface area contributed by atoms with E-state index in [0.717, 1.165) is 5.56 Å². The molecule has 1 unspecified atom stereocenters. The molecule has 2 aliphatic rings. The summed E-state index contributed by atoms with van der Waals surface area (Å²) in [5.41, 5.74) is 4.02. The molecule has 3 aromatic heterocycles. The first kappa shape index (κ1) is 23.9. The summed E-state index contributed by atoms with van der Waals surface area (Å²) in [6.45, 7) is 0.855. The van der Waals surface area contributed by atoms with Crippen molar-refractivity contribution in [3.8, 4) is 11.3 Å². The molecule has 13 heteroatoms. The van der Waals surface area contributed by atoms with E-state index in [0.29, 0.717) is 60.5 Å². The Bertz CT molecular complexity index is 1380. The van der Waals surface area contributed by atoms with Crippen LogP contribution in [0.25, 0.3) is 22.3 Å². The van der Waals surface area contributed by atoms with Crippen LogP contribution in [0.15, 0.2) is 46.9 Å². The zero-order chi connectivity index (χ0) is 25.4. The van der Waals surface area contributed by atoms with Gasteiger partial charge in [0.15, 0.2) is 11.6 Å². The van der Waals surface area contributed by atoms with E-state index in [4.69, 9.17) is 4.98 Å². The van der Waals surface area contributed by atoms with Crippen molar-refractivity contribution in [2.24, 2.45) is 5.18 Å². The Morgan fingerprint density at radius 2 is 1.94 bits per heavy atom. The number of piperidine rings is 1. The molecular weight excluding hydrogens is 486 g/mol. The second-order valence-electron chi connectivity index (χ2n) is 8.74. The van der Waals surface area contributed by atoms with E-state index in [2.05, 4.69) is 15.1 Å². The maximum absolute atomic E-state index is 13.4. The van der Waals surface area contributed by atoms with Crippen LogP contribution in [0.4, 0.5) is 10.5 Å². The number of amides is 3. The van der Waals surface area contributed by atoms with Crippen LogP contribution in [0, 0.1) is 4.91 Å².